The average Bonchev–Trinajstić information content (AvgIpc) is 2.62. The Bertz CT molecular complexity index is 914. The summed E-state index contributed by atoms with van der Waals surface area (Å²) in [6.45, 7) is 1.47. The van der Waals surface area contributed by atoms with Gasteiger partial charge in [0.05, 0.1) is 17.0 Å². The summed E-state index contributed by atoms with van der Waals surface area (Å²) in [4.78, 5) is 33.7. The Labute approximate surface area is 152 Å². The molecule has 2 amide bonds. The zero-order valence-electron chi connectivity index (χ0n) is 14.0. The molecule has 2 N–H and O–H groups in total. The van der Waals surface area contributed by atoms with E-state index < -0.39 is 28.4 Å². The van der Waals surface area contributed by atoms with Crippen LogP contribution < -0.4 is 10.7 Å². The van der Waals surface area contributed by atoms with Gasteiger partial charge in [0.2, 0.25) is 5.91 Å². The number of hydrazone groups is 1. The molecule has 10 heteroatoms. The maximum absolute atomic E-state index is 13.5. The normalized spacial score (nSPS) is 11.0. The lowest BCUT2D eigenvalue weighted by Gasteiger charge is -2.06. The van der Waals surface area contributed by atoms with Crippen molar-refractivity contribution in [1.29, 1.82) is 0 Å². The number of non-ortho nitro benzene ring substituents is 1. The number of amides is 2. The number of rotatable bonds is 6. The first kappa shape index (κ1) is 19.6. The highest BCUT2D eigenvalue weighted by Crippen LogP contribution is 2.15. The van der Waals surface area contributed by atoms with Crippen molar-refractivity contribution in [2.24, 2.45) is 5.10 Å². The predicted molar refractivity (Wildman–Crippen MR) is 93.3 cm³/mol. The summed E-state index contributed by atoms with van der Waals surface area (Å²) in [5.41, 5.74) is 2.25. The van der Waals surface area contributed by atoms with Crippen molar-refractivity contribution < 1.29 is 23.3 Å². The third-order valence-electron chi connectivity index (χ3n) is 3.31. The molecule has 2 aromatic carbocycles. The van der Waals surface area contributed by atoms with Crippen molar-refractivity contribution in [3.05, 3.63) is 69.8 Å². The maximum Gasteiger partial charge on any atom is 0.271 e. The van der Waals surface area contributed by atoms with E-state index in [9.17, 15) is 28.5 Å². The molecule has 8 nitrogen and oxygen atoms in total. The molecule has 0 aromatic heterocycles. The van der Waals surface area contributed by atoms with Crippen LogP contribution in [-0.4, -0.2) is 22.4 Å². The van der Waals surface area contributed by atoms with Crippen LogP contribution in [0.5, 0.6) is 0 Å². The van der Waals surface area contributed by atoms with E-state index in [1.807, 2.05) is 0 Å². The molecular weight excluding hydrogens is 362 g/mol. The highest BCUT2D eigenvalue weighted by atomic mass is 19.1. The molecule has 2 rings (SSSR count). The Morgan fingerprint density at radius 1 is 1.15 bits per heavy atom. The quantitative estimate of drug-likeness (QED) is 0.458. The molecule has 2 aromatic rings. The smallest absolute Gasteiger partial charge is 0.271 e. The Kier molecular flexibility index (Phi) is 6.26. The standard InChI is InChI=1S/C17H14F2N4O4/c1-10(8-16(24)20-15-7-4-12(18)9-14(15)19)21-22-17(25)11-2-5-13(6-3-11)23(26)27/h2-7,9H,8H2,1H3,(H,20,24)(H,22,25). The number of carbonyl (C=O) groups is 2. The van der Waals surface area contributed by atoms with Gasteiger partial charge in [0.25, 0.3) is 11.6 Å². The number of nitro groups is 1. The Hall–Kier alpha value is -3.69. The topological polar surface area (TPSA) is 114 Å². The lowest BCUT2D eigenvalue weighted by molar-refractivity contribution is -0.384. The number of anilines is 1. The van der Waals surface area contributed by atoms with Gasteiger partial charge in [-0.3, -0.25) is 19.7 Å². The largest absolute Gasteiger partial charge is 0.323 e. The SMILES string of the molecule is CC(CC(=O)Nc1ccc(F)cc1F)=NNC(=O)c1ccc([N+](=O)[O-])cc1. The minimum absolute atomic E-state index is 0.148. The number of nitro benzene ring substituents is 1. The first-order valence-electron chi connectivity index (χ1n) is 7.59. The van der Waals surface area contributed by atoms with E-state index >= 15 is 0 Å². The molecule has 0 unspecified atom stereocenters. The van der Waals surface area contributed by atoms with Crippen LogP contribution in [0.2, 0.25) is 0 Å². The zero-order valence-corrected chi connectivity index (χ0v) is 14.0. The summed E-state index contributed by atoms with van der Waals surface area (Å²) in [6, 6.07) is 7.62. The van der Waals surface area contributed by atoms with E-state index in [0.29, 0.717) is 6.07 Å². The average molecular weight is 376 g/mol. The van der Waals surface area contributed by atoms with E-state index in [2.05, 4.69) is 15.8 Å². The summed E-state index contributed by atoms with van der Waals surface area (Å²) in [5.74, 6) is -2.90. The molecule has 0 aliphatic heterocycles. The maximum atomic E-state index is 13.5. The minimum Gasteiger partial charge on any atom is -0.323 e. The Morgan fingerprint density at radius 3 is 2.41 bits per heavy atom. The highest BCUT2D eigenvalue weighted by Gasteiger charge is 2.11. The van der Waals surface area contributed by atoms with Gasteiger partial charge >= 0.3 is 0 Å². The molecule has 0 fully saturated rings. The summed E-state index contributed by atoms with van der Waals surface area (Å²) >= 11 is 0. The molecule has 0 atom stereocenters. The van der Waals surface area contributed by atoms with Gasteiger partial charge in [-0.2, -0.15) is 5.10 Å². The van der Waals surface area contributed by atoms with Gasteiger partial charge in [-0.1, -0.05) is 0 Å². The van der Waals surface area contributed by atoms with Crippen LogP contribution >= 0.6 is 0 Å². The van der Waals surface area contributed by atoms with Gasteiger partial charge in [-0.15, -0.1) is 0 Å². The van der Waals surface area contributed by atoms with Crippen LogP contribution in [0.3, 0.4) is 0 Å². The van der Waals surface area contributed by atoms with Crippen LogP contribution in [0.4, 0.5) is 20.2 Å². The number of carbonyl (C=O) groups excluding carboxylic acids is 2. The van der Waals surface area contributed by atoms with Gasteiger partial charge in [-0.05, 0) is 31.2 Å². The summed E-state index contributed by atoms with van der Waals surface area (Å²) < 4.78 is 26.3. The van der Waals surface area contributed by atoms with E-state index in [4.69, 9.17) is 0 Å². The number of nitrogens with zero attached hydrogens (tertiary/aromatic N) is 2. The Balaban J connectivity index is 1.91. The van der Waals surface area contributed by atoms with Gasteiger partial charge in [-0.25, -0.2) is 14.2 Å². The number of nitrogens with one attached hydrogen (secondary N) is 2. The van der Waals surface area contributed by atoms with Crippen molar-refractivity contribution in [3.8, 4) is 0 Å². The lowest BCUT2D eigenvalue weighted by Crippen LogP contribution is -2.21. The van der Waals surface area contributed by atoms with Gasteiger partial charge in [0.15, 0.2) is 0 Å². The molecule has 0 heterocycles. The molecule has 0 aliphatic carbocycles. The van der Waals surface area contributed by atoms with E-state index in [0.717, 1.165) is 12.1 Å². The Morgan fingerprint density at radius 2 is 1.81 bits per heavy atom. The van der Waals surface area contributed by atoms with Crippen molar-refractivity contribution in [2.75, 3.05) is 5.32 Å². The second-order valence-corrected chi connectivity index (χ2v) is 5.44. The predicted octanol–water partition coefficient (Wildman–Crippen LogP) is 3.01. The fourth-order valence-electron chi connectivity index (χ4n) is 2.00. The van der Waals surface area contributed by atoms with E-state index in [1.54, 1.807) is 0 Å². The fourth-order valence-corrected chi connectivity index (χ4v) is 2.00. The molecule has 140 valence electrons. The first-order valence-corrected chi connectivity index (χ1v) is 7.59. The van der Waals surface area contributed by atoms with Crippen molar-refractivity contribution in [2.45, 2.75) is 13.3 Å². The second kappa shape index (κ2) is 8.61. The first-order chi connectivity index (χ1) is 12.8. The molecule has 0 aliphatic rings. The zero-order chi connectivity index (χ0) is 20.0. The van der Waals surface area contributed by atoms with Gasteiger partial charge in [0.1, 0.15) is 11.6 Å². The molecule has 0 radical (unpaired) electrons. The number of halogens is 2. The van der Waals surface area contributed by atoms with Gasteiger partial charge in [0, 0.05) is 29.5 Å². The van der Waals surface area contributed by atoms with Crippen molar-refractivity contribution >= 4 is 28.9 Å². The van der Waals surface area contributed by atoms with Crippen LogP contribution in [0, 0.1) is 21.7 Å². The number of hydrogen-bond donors (Lipinski definition) is 2. The molecule has 0 saturated heterocycles. The third kappa shape index (κ3) is 5.66. The fraction of sp³-hybridized carbons (Fsp3) is 0.118. The van der Waals surface area contributed by atoms with Crippen molar-refractivity contribution in [3.63, 3.8) is 0 Å². The summed E-state index contributed by atoms with van der Waals surface area (Å²) in [6.07, 6.45) is -0.239. The van der Waals surface area contributed by atoms with Crippen LogP contribution in [0.25, 0.3) is 0 Å². The third-order valence-corrected chi connectivity index (χ3v) is 3.31. The molecular formula is C17H14F2N4O4. The number of benzene rings is 2. The molecule has 27 heavy (non-hydrogen) atoms. The lowest BCUT2D eigenvalue weighted by atomic mass is 10.2. The van der Waals surface area contributed by atoms with E-state index in [-0.39, 0.29) is 29.1 Å². The number of hydrogen-bond acceptors (Lipinski definition) is 5. The highest BCUT2D eigenvalue weighted by molar-refractivity contribution is 6.06. The van der Waals surface area contributed by atoms with Crippen LogP contribution in [0.15, 0.2) is 47.6 Å². The van der Waals surface area contributed by atoms with Crippen molar-refractivity contribution in [1.82, 2.24) is 5.43 Å². The van der Waals surface area contributed by atoms with Crippen LogP contribution in [-0.2, 0) is 4.79 Å². The minimum atomic E-state index is -0.913. The summed E-state index contributed by atoms with van der Waals surface area (Å²) in [5, 5.41) is 16.6. The summed E-state index contributed by atoms with van der Waals surface area (Å²) in [7, 11) is 0. The molecule has 0 spiro atoms. The molecule has 0 saturated carbocycles. The van der Waals surface area contributed by atoms with Gasteiger partial charge < -0.3 is 5.32 Å². The molecule has 0 bridgehead atoms. The second-order valence-electron chi connectivity index (χ2n) is 5.44. The van der Waals surface area contributed by atoms with Crippen LogP contribution in [0.1, 0.15) is 23.7 Å². The monoisotopic (exact) mass is 376 g/mol. The van der Waals surface area contributed by atoms with E-state index in [1.165, 1.54) is 31.2 Å².